The summed E-state index contributed by atoms with van der Waals surface area (Å²) in [6.45, 7) is 2.59. The van der Waals surface area contributed by atoms with Gasteiger partial charge in [-0.15, -0.1) is 24.0 Å². The van der Waals surface area contributed by atoms with Gasteiger partial charge in [-0.2, -0.15) is 0 Å². The Bertz CT molecular complexity index is 812. The van der Waals surface area contributed by atoms with Crippen molar-refractivity contribution < 1.29 is 9.47 Å². The van der Waals surface area contributed by atoms with E-state index in [1.54, 1.807) is 21.3 Å². The second kappa shape index (κ2) is 11.5. The number of methoxy groups -OCH3 is 2. The first-order valence-electron chi connectivity index (χ1n) is 9.31. The van der Waals surface area contributed by atoms with Crippen LogP contribution < -0.4 is 25.0 Å². The molecule has 2 aromatic rings. The average molecular weight is 575 g/mol. The van der Waals surface area contributed by atoms with Crippen molar-refractivity contribution in [3.63, 3.8) is 0 Å². The number of aliphatic imine (C=N–C) groups is 1. The molecular formula is C21H28BrIN4O2. The molecule has 1 fully saturated rings. The van der Waals surface area contributed by atoms with Gasteiger partial charge in [-0.1, -0.05) is 28.1 Å². The van der Waals surface area contributed by atoms with E-state index in [-0.39, 0.29) is 24.0 Å². The Morgan fingerprint density at radius 1 is 1.17 bits per heavy atom. The lowest BCUT2D eigenvalue weighted by molar-refractivity contribution is 0.394. The SMILES string of the molecule is CN=C(NCc1cccc(Br)c1)NC1CCN(c2cc(OC)cc(OC)c2)C1.I. The lowest BCUT2D eigenvalue weighted by Crippen LogP contribution is -2.44. The van der Waals surface area contributed by atoms with Crippen molar-refractivity contribution in [3.05, 3.63) is 52.5 Å². The van der Waals surface area contributed by atoms with Crippen LogP contribution >= 0.6 is 39.9 Å². The number of nitrogens with one attached hydrogen (secondary N) is 2. The topological polar surface area (TPSA) is 58.1 Å². The lowest BCUT2D eigenvalue weighted by Gasteiger charge is -2.21. The molecule has 0 saturated carbocycles. The van der Waals surface area contributed by atoms with Gasteiger partial charge in [-0.3, -0.25) is 4.99 Å². The molecule has 0 radical (unpaired) electrons. The van der Waals surface area contributed by atoms with E-state index in [1.807, 2.05) is 30.3 Å². The van der Waals surface area contributed by atoms with Crippen molar-refractivity contribution in [2.24, 2.45) is 4.99 Å². The molecule has 0 aromatic heterocycles. The van der Waals surface area contributed by atoms with Gasteiger partial charge >= 0.3 is 0 Å². The van der Waals surface area contributed by atoms with E-state index < -0.39 is 0 Å². The van der Waals surface area contributed by atoms with Crippen LogP contribution in [0.25, 0.3) is 0 Å². The highest BCUT2D eigenvalue weighted by Gasteiger charge is 2.24. The summed E-state index contributed by atoms with van der Waals surface area (Å²) in [5.41, 5.74) is 2.31. The number of anilines is 1. The number of hydrogen-bond donors (Lipinski definition) is 2. The van der Waals surface area contributed by atoms with Gasteiger partial charge in [-0.25, -0.2) is 0 Å². The maximum Gasteiger partial charge on any atom is 0.191 e. The lowest BCUT2D eigenvalue weighted by atomic mass is 10.2. The molecule has 1 saturated heterocycles. The van der Waals surface area contributed by atoms with Crippen LogP contribution in [0.5, 0.6) is 11.5 Å². The molecule has 2 aromatic carbocycles. The molecule has 2 N–H and O–H groups in total. The summed E-state index contributed by atoms with van der Waals surface area (Å²) in [6.07, 6.45) is 1.04. The molecule has 0 spiro atoms. The Balaban J connectivity index is 0.00000300. The fraction of sp³-hybridized carbons (Fsp3) is 0.381. The van der Waals surface area contributed by atoms with Crippen LogP contribution in [0.2, 0.25) is 0 Å². The zero-order chi connectivity index (χ0) is 19.9. The van der Waals surface area contributed by atoms with Crippen LogP contribution in [-0.4, -0.2) is 46.4 Å². The van der Waals surface area contributed by atoms with Crippen LogP contribution in [0.15, 0.2) is 51.9 Å². The van der Waals surface area contributed by atoms with Crippen LogP contribution in [0.4, 0.5) is 5.69 Å². The van der Waals surface area contributed by atoms with E-state index in [0.29, 0.717) is 6.04 Å². The van der Waals surface area contributed by atoms with E-state index in [9.17, 15) is 0 Å². The van der Waals surface area contributed by atoms with Gasteiger partial charge in [0.2, 0.25) is 0 Å². The van der Waals surface area contributed by atoms with E-state index in [1.165, 1.54) is 5.56 Å². The number of benzene rings is 2. The second-order valence-corrected chi connectivity index (χ2v) is 7.62. The number of ether oxygens (including phenoxy) is 2. The fourth-order valence-electron chi connectivity index (χ4n) is 3.31. The first-order valence-corrected chi connectivity index (χ1v) is 10.1. The molecule has 1 heterocycles. The summed E-state index contributed by atoms with van der Waals surface area (Å²) in [4.78, 5) is 6.70. The van der Waals surface area contributed by atoms with Gasteiger partial charge in [0.25, 0.3) is 0 Å². The summed E-state index contributed by atoms with van der Waals surface area (Å²) in [5.74, 6) is 2.42. The summed E-state index contributed by atoms with van der Waals surface area (Å²) < 4.78 is 11.9. The van der Waals surface area contributed by atoms with Gasteiger partial charge in [0, 0.05) is 61.1 Å². The Hall–Kier alpha value is -1.68. The van der Waals surface area contributed by atoms with Crippen LogP contribution in [-0.2, 0) is 6.54 Å². The third-order valence-corrected chi connectivity index (χ3v) is 5.30. The summed E-state index contributed by atoms with van der Waals surface area (Å²) in [5, 5.41) is 6.92. The molecule has 29 heavy (non-hydrogen) atoms. The Morgan fingerprint density at radius 2 is 1.90 bits per heavy atom. The third-order valence-electron chi connectivity index (χ3n) is 4.80. The maximum absolute atomic E-state index is 5.39. The zero-order valence-corrected chi connectivity index (χ0v) is 20.9. The van der Waals surface area contributed by atoms with Crippen LogP contribution in [0, 0.1) is 0 Å². The van der Waals surface area contributed by atoms with Crippen LogP contribution in [0.3, 0.4) is 0 Å². The summed E-state index contributed by atoms with van der Waals surface area (Å²) in [6, 6.07) is 14.6. The van der Waals surface area contributed by atoms with Gasteiger partial charge in [0.15, 0.2) is 5.96 Å². The number of rotatable bonds is 6. The van der Waals surface area contributed by atoms with Gasteiger partial charge < -0.3 is 25.0 Å². The molecule has 3 rings (SSSR count). The van der Waals surface area contributed by atoms with Gasteiger partial charge in [0.1, 0.15) is 11.5 Å². The number of hydrogen-bond acceptors (Lipinski definition) is 4. The number of halogens is 2. The normalized spacial score (nSPS) is 16.2. The monoisotopic (exact) mass is 574 g/mol. The van der Waals surface area contributed by atoms with E-state index >= 15 is 0 Å². The quantitative estimate of drug-likeness (QED) is 0.310. The van der Waals surface area contributed by atoms with E-state index in [2.05, 4.69) is 48.6 Å². The first kappa shape index (κ1) is 23.6. The Labute approximate surface area is 198 Å². The molecule has 1 unspecified atom stereocenters. The molecule has 158 valence electrons. The van der Waals surface area contributed by atoms with E-state index in [0.717, 1.165) is 53.7 Å². The molecule has 1 aliphatic rings. The minimum atomic E-state index is 0. The molecule has 0 bridgehead atoms. The molecule has 6 nitrogen and oxygen atoms in total. The smallest absolute Gasteiger partial charge is 0.191 e. The largest absolute Gasteiger partial charge is 0.497 e. The minimum Gasteiger partial charge on any atom is -0.497 e. The second-order valence-electron chi connectivity index (χ2n) is 6.70. The Kier molecular flexibility index (Phi) is 9.35. The standard InChI is InChI=1S/C21H27BrN4O2.HI/c1-23-21(24-13-15-5-4-6-16(22)9-15)25-17-7-8-26(14-17)18-10-19(27-2)12-20(11-18)28-3;/h4-6,9-12,17H,7-8,13-14H2,1-3H3,(H2,23,24,25);1H. The first-order chi connectivity index (χ1) is 13.6. The maximum atomic E-state index is 5.39. The van der Waals surface area contributed by atoms with Crippen LogP contribution in [0.1, 0.15) is 12.0 Å². The summed E-state index contributed by atoms with van der Waals surface area (Å²) >= 11 is 3.51. The minimum absolute atomic E-state index is 0. The molecule has 1 atom stereocenters. The summed E-state index contributed by atoms with van der Waals surface area (Å²) in [7, 11) is 5.15. The van der Waals surface area contributed by atoms with Gasteiger partial charge in [-0.05, 0) is 24.1 Å². The van der Waals surface area contributed by atoms with E-state index in [4.69, 9.17) is 9.47 Å². The van der Waals surface area contributed by atoms with Crippen molar-refractivity contribution in [1.29, 1.82) is 0 Å². The average Bonchev–Trinajstić information content (AvgIpc) is 3.19. The van der Waals surface area contributed by atoms with Crippen molar-refractivity contribution in [2.75, 3.05) is 39.3 Å². The van der Waals surface area contributed by atoms with Crippen molar-refractivity contribution >= 4 is 51.6 Å². The highest BCUT2D eigenvalue weighted by atomic mass is 127. The Morgan fingerprint density at radius 3 is 2.52 bits per heavy atom. The molecular weight excluding hydrogens is 547 g/mol. The van der Waals surface area contributed by atoms with Crippen molar-refractivity contribution in [3.8, 4) is 11.5 Å². The predicted molar refractivity (Wildman–Crippen MR) is 133 cm³/mol. The molecule has 8 heteroatoms. The zero-order valence-electron chi connectivity index (χ0n) is 16.9. The molecule has 0 amide bonds. The van der Waals surface area contributed by atoms with Gasteiger partial charge in [0.05, 0.1) is 14.2 Å². The predicted octanol–water partition coefficient (Wildman–Crippen LogP) is 4.03. The highest BCUT2D eigenvalue weighted by Crippen LogP contribution is 2.30. The highest BCUT2D eigenvalue weighted by molar-refractivity contribution is 14.0. The number of nitrogens with zero attached hydrogens (tertiary/aromatic N) is 2. The fourth-order valence-corrected chi connectivity index (χ4v) is 3.75. The number of guanidine groups is 1. The molecule has 0 aliphatic carbocycles. The molecule has 1 aliphatic heterocycles. The van der Waals surface area contributed by atoms with Crippen molar-refractivity contribution in [1.82, 2.24) is 10.6 Å². The third kappa shape index (κ3) is 6.67. The van der Waals surface area contributed by atoms with Crippen molar-refractivity contribution in [2.45, 2.75) is 19.0 Å².